The standard InChI is InChI=1S/C16H23N5O/c1-4-17-16(18-9-13-5-7-15(22)8-6-13)20(2)11-14-10-19-21(3)12-14/h5-8,10,12,22H,4,9,11H2,1-3H3,(H,17,18). The van der Waals surface area contributed by atoms with Crippen LogP contribution in [0.4, 0.5) is 0 Å². The highest BCUT2D eigenvalue weighted by Crippen LogP contribution is 2.10. The maximum absolute atomic E-state index is 9.31. The Labute approximate surface area is 131 Å². The lowest BCUT2D eigenvalue weighted by molar-refractivity contribution is 0.474. The number of rotatable bonds is 5. The molecule has 0 aliphatic heterocycles. The van der Waals surface area contributed by atoms with Gasteiger partial charge in [-0.3, -0.25) is 4.68 Å². The fourth-order valence-corrected chi connectivity index (χ4v) is 2.14. The molecule has 0 bridgehead atoms. The van der Waals surface area contributed by atoms with Crippen LogP contribution in [-0.2, 0) is 20.1 Å². The molecule has 0 amide bonds. The first-order chi connectivity index (χ1) is 10.6. The number of phenolic OH excluding ortho intramolecular Hbond substituents is 1. The monoisotopic (exact) mass is 301 g/mol. The molecule has 2 rings (SSSR count). The average molecular weight is 301 g/mol. The van der Waals surface area contributed by atoms with Gasteiger partial charge in [-0.05, 0) is 24.6 Å². The van der Waals surface area contributed by atoms with E-state index in [0.717, 1.165) is 30.2 Å². The topological polar surface area (TPSA) is 65.7 Å². The van der Waals surface area contributed by atoms with Crippen molar-refractivity contribution in [3.63, 3.8) is 0 Å². The molecule has 1 heterocycles. The quantitative estimate of drug-likeness (QED) is 0.652. The van der Waals surface area contributed by atoms with Crippen LogP contribution >= 0.6 is 0 Å². The maximum atomic E-state index is 9.31. The highest BCUT2D eigenvalue weighted by Gasteiger charge is 2.07. The van der Waals surface area contributed by atoms with E-state index >= 15 is 0 Å². The first kappa shape index (κ1) is 15.9. The Morgan fingerprint density at radius 1 is 1.32 bits per heavy atom. The summed E-state index contributed by atoms with van der Waals surface area (Å²) in [7, 11) is 3.92. The molecular weight excluding hydrogens is 278 g/mol. The molecule has 0 saturated carbocycles. The third-order valence-corrected chi connectivity index (χ3v) is 3.22. The van der Waals surface area contributed by atoms with Crippen molar-refractivity contribution in [2.24, 2.45) is 12.0 Å². The third kappa shape index (κ3) is 4.51. The molecule has 0 saturated heterocycles. The molecule has 6 nitrogen and oxygen atoms in total. The van der Waals surface area contributed by atoms with Crippen molar-refractivity contribution in [2.75, 3.05) is 13.6 Å². The second-order valence-corrected chi connectivity index (χ2v) is 5.21. The normalized spacial score (nSPS) is 11.5. The van der Waals surface area contributed by atoms with Gasteiger partial charge in [-0.2, -0.15) is 5.10 Å². The van der Waals surface area contributed by atoms with Crippen LogP contribution in [0.1, 0.15) is 18.1 Å². The summed E-state index contributed by atoms with van der Waals surface area (Å²) in [4.78, 5) is 6.71. The third-order valence-electron chi connectivity index (χ3n) is 3.22. The summed E-state index contributed by atoms with van der Waals surface area (Å²) in [6, 6.07) is 7.11. The smallest absolute Gasteiger partial charge is 0.194 e. The zero-order valence-electron chi connectivity index (χ0n) is 13.3. The van der Waals surface area contributed by atoms with E-state index in [4.69, 9.17) is 0 Å². The van der Waals surface area contributed by atoms with Crippen LogP contribution in [0.15, 0.2) is 41.7 Å². The van der Waals surface area contributed by atoms with Gasteiger partial charge in [-0.25, -0.2) is 4.99 Å². The van der Waals surface area contributed by atoms with E-state index in [1.165, 1.54) is 0 Å². The van der Waals surface area contributed by atoms with Gasteiger partial charge < -0.3 is 15.3 Å². The molecule has 0 unspecified atom stereocenters. The Hall–Kier alpha value is -2.50. The number of aliphatic imine (C=N–C) groups is 1. The summed E-state index contributed by atoms with van der Waals surface area (Å²) in [5.41, 5.74) is 2.20. The van der Waals surface area contributed by atoms with E-state index in [0.29, 0.717) is 6.54 Å². The molecule has 22 heavy (non-hydrogen) atoms. The molecule has 0 fully saturated rings. The molecule has 118 valence electrons. The zero-order chi connectivity index (χ0) is 15.9. The van der Waals surface area contributed by atoms with E-state index in [1.807, 2.05) is 45.5 Å². The fraction of sp³-hybridized carbons (Fsp3) is 0.375. The number of aryl methyl sites for hydroxylation is 1. The predicted octanol–water partition coefficient (Wildman–Crippen LogP) is 1.72. The van der Waals surface area contributed by atoms with Crippen LogP contribution < -0.4 is 5.32 Å². The Bertz CT molecular complexity index is 618. The lowest BCUT2D eigenvalue weighted by atomic mass is 10.2. The Balaban J connectivity index is 2.03. The number of aromatic nitrogens is 2. The second-order valence-electron chi connectivity index (χ2n) is 5.21. The minimum atomic E-state index is 0.272. The summed E-state index contributed by atoms with van der Waals surface area (Å²) in [5, 5.41) is 16.8. The highest BCUT2D eigenvalue weighted by atomic mass is 16.3. The Morgan fingerprint density at radius 2 is 2.05 bits per heavy atom. The average Bonchev–Trinajstić information content (AvgIpc) is 2.90. The van der Waals surface area contributed by atoms with E-state index < -0.39 is 0 Å². The van der Waals surface area contributed by atoms with Crippen LogP contribution in [0, 0.1) is 0 Å². The molecular formula is C16H23N5O. The summed E-state index contributed by atoms with van der Waals surface area (Å²) < 4.78 is 1.80. The summed E-state index contributed by atoms with van der Waals surface area (Å²) in [5.74, 6) is 1.12. The largest absolute Gasteiger partial charge is 0.508 e. The number of aromatic hydroxyl groups is 1. The first-order valence-corrected chi connectivity index (χ1v) is 7.33. The van der Waals surface area contributed by atoms with Crippen LogP contribution in [0.2, 0.25) is 0 Å². The van der Waals surface area contributed by atoms with E-state index in [9.17, 15) is 5.11 Å². The van der Waals surface area contributed by atoms with Gasteiger partial charge in [-0.1, -0.05) is 12.1 Å². The van der Waals surface area contributed by atoms with E-state index in [1.54, 1.807) is 16.8 Å². The molecule has 6 heteroatoms. The van der Waals surface area contributed by atoms with Gasteiger partial charge in [-0.15, -0.1) is 0 Å². The number of phenols is 1. The molecule has 1 aromatic carbocycles. The SMILES string of the molecule is CCNC(=NCc1ccc(O)cc1)N(C)Cc1cnn(C)c1. The highest BCUT2D eigenvalue weighted by molar-refractivity contribution is 5.79. The van der Waals surface area contributed by atoms with Crippen molar-refractivity contribution < 1.29 is 5.11 Å². The summed E-state index contributed by atoms with van der Waals surface area (Å²) >= 11 is 0. The van der Waals surface area contributed by atoms with E-state index in [2.05, 4.69) is 20.3 Å². The van der Waals surface area contributed by atoms with Crippen molar-refractivity contribution >= 4 is 5.96 Å². The minimum absolute atomic E-state index is 0.272. The van der Waals surface area contributed by atoms with Crippen molar-refractivity contribution in [1.82, 2.24) is 20.0 Å². The molecule has 0 aliphatic rings. The zero-order valence-corrected chi connectivity index (χ0v) is 13.3. The van der Waals surface area contributed by atoms with Crippen molar-refractivity contribution in [3.05, 3.63) is 47.8 Å². The number of nitrogens with zero attached hydrogens (tertiary/aromatic N) is 4. The maximum Gasteiger partial charge on any atom is 0.194 e. The van der Waals surface area contributed by atoms with Crippen LogP contribution in [0.25, 0.3) is 0 Å². The van der Waals surface area contributed by atoms with Gasteiger partial charge in [0.15, 0.2) is 5.96 Å². The number of benzene rings is 1. The molecule has 2 aromatic rings. The molecule has 0 atom stereocenters. The summed E-state index contributed by atoms with van der Waals surface area (Å²) in [6.45, 7) is 4.18. The van der Waals surface area contributed by atoms with Gasteiger partial charge in [0.2, 0.25) is 0 Å². The minimum Gasteiger partial charge on any atom is -0.508 e. The van der Waals surface area contributed by atoms with Crippen LogP contribution in [0.5, 0.6) is 5.75 Å². The number of nitrogens with one attached hydrogen (secondary N) is 1. The van der Waals surface area contributed by atoms with Crippen molar-refractivity contribution in [1.29, 1.82) is 0 Å². The van der Waals surface area contributed by atoms with Crippen LogP contribution in [-0.4, -0.2) is 39.3 Å². The van der Waals surface area contributed by atoms with Gasteiger partial charge in [0.1, 0.15) is 5.75 Å². The molecule has 0 spiro atoms. The summed E-state index contributed by atoms with van der Waals surface area (Å²) in [6.07, 6.45) is 3.86. The Morgan fingerprint density at radius 3 is 2.64 bits per heavy atom. The number of hydrogen-bond acceptors (Lipinski definition) is 3. The Kier molecular flexibility index (Phi) is 5.41. The van der Waals surface area contributed by atoms with E-state index in [-0.39, 0.29) is 5.75 Å². The molecule has 2 N–H and O–H groups in total. The van der Waals surface area contributed by atoms with Gasteiger partial charge in [0.05, 0.1) is 12.7 Å². The molecule has 1 aromatic heterocycles. The van der Waals surface area contributed by atoms with Gasteiger partial charge in [0.25, 0.3) is 0 Å². The lowest BCUT2D eigenvalue weighted by Crippen LogP contribution is -2.38. The first-order valence-electron chi connectivity index (χ1n) is 7.33. The second kappa shape index (κ2) is 7.49. The predicted molar refractivity (Wildman–Crippen MR) is 87.6 cm³/mol. The number of hydrogen-bond donors (Lipinski definition) is 2. The van der Waals surface area contributed by atoms with Crippen molar-refractivity contribution in [2.45, 2.75) is 20.0 Å². The number of guanidine groups is 1. The fourth-order valence-electron chi connectivity index (χ4n) is 2.14. The van der Waals surface area contributed by atoms with Crippen molar-refractivity contribution in [3.8, 4) is 5.75 Å². The molecule has 0 radical (unpaired) electrons. The van der Waals surface area contributed by atoms with Gasteiger partial charge >= 0.3 is 0 Å². The molecule has 0 aliphatic carbocycles. The van der Waals surface area contributed by atoms with Crippen LogP contribution in [0.3, 0.4) is 0 Å². The van der Waals surface area contributed by atoms with Gasteiger partial charge in [0, 0.05) is 38.9 Å². The lowest BCUT2D eigenvalue weighted by Gasteiger charge is -2.21.